The lowest BCUT2D eigenvalue weighted by atomic mass is 10.0. The molecule has 2 aliphatic rings. The Morgan fingerprint density at radius 1 is 1.20 bits per heavy atom. The highest BCUT2D eigenvalue weighted by Crippen LogP contribution is 2.26. The van der Waals surface area contributed by atoms with Crippen LogP contribution in [0.1, 0.15) is 5.56 Å². The molecule has 1 saturated heterocycles. The maximum absolute atomic E-state index is 12.1. The van der Waals surface area contributed by atoms with Gasteiger partial charge in [0.15, 0.2) is 5.76 Å². The standard InChI is InChI=1S/C18H18F3N3O/c1-23(14-4-2-13(10-22)3-5-14)16-11-24(12-16)15-6-8-17(9-7-15)25-18(19,20)21/h2-6,8,16H,10-12,22H2,1H3. The van der Waals surface area contributed by atoms with Gasteiger partial charge in [-0.2, -0.15) is 0 Å². The Kier molecular flexibility index (Phi) is 4.64. The van der Waals surface area contributed by atoms with Gasteiger partial charge < -0.3 is 20.3 Å². The first-order valence-corrected chi connectivity index (χ1v) is 7.82. The molecule has 1 aromatic carbocycles. The SMILES string of the molecule is CN(c1ccc(CN)cc1)C1CN(C2=C=C=C(OC(F)(F)F)C=C2)C1. The first-order valence-electron chi connectivity index (χ1n) is 7.82. The van der Waals surface area contributed by atoms with Crippen LogP contribution in [0.2, 0.25) is 0 Å². The second-order valence-electron chi connectivity index (χ2n) is 5.92. The molecule has 1 fully saturated rings. The van der Waals surface area contributed by atoms with E-state index in [9.17, 15) is 13.2 Å². The lowest BCUT2D eigenvalue weighted by molar-refractivity contribution is -0.303. The molecule has 3 rings (SSSR count). The minimum atomic E-state index is -4.71. The molecule has 0 spiro atoms. The topological polar surface area (TPSA) is 41.7 Å². The Bertz CT molecular complexity index is 764. The van der Waals surface area contributed by atoms with Crippen LogP contribution in [-0.2, 0) is 11.3 Å². The van der Waals surface area contributed by atoms with Crippen molar-refractivity contribution in [3.8, 4) is 0 Å². The second-order valence-corrected chi connectivity index (χ2v) is 5.92. The van der Waals surface area contributed by atoms with Gasteiger partial charge in [-0.25, -0.2) is 0 Å². The quantitative estimate of drug-likeness (QED) is 0.830. The molecule has 0 bridgehead atoms. The highest BCUT2D eigenvalue weighted by Gasteiger charge is 2.33. The average Bonchev–Trinajstić information content (AvgIpc) is 2.53. The molecule has 132 valence electrons. The number of allylic oxidation sites excluding steroid dienone is 2. The normalized spacial score (nSPS) is 17.1. The van der Waals surface area contributed by atoms with E-state index in [0.29, 0.717) is 18.3 Å². The van der Waals surface area contributed by atoms with Crippen molar-refractivity contribution in [2.24, 2.45) is 5.73 Å². The van der Waals surface area contributed by atoms with E-state index >= 15 is 0 Å². The molecule has 0 amide bonds. The number of hydrogen-bond acceptors (Lipinski definition) is 4. The maximum atomic E-state index is 12.1. The number of nitrogens with two attached hydrogens (primary N) is 1. The second kappa shape index (κ2) is 6.73. The van der Waals surface area contributed by atoms with Crippen LogP contribution < -0.4 is 10.6 Å². The number of anilines is 1. The molecule has 1 aliphatic carbocycles. The van der Waals surface area contributed by atoms with Crippen LogP contribution >= 0.6 is 0 Å². The van der Waals surface area contributed by atoms with Crippen molar-refractivity contribution in [2.75, 3.05) is 25.0 Å². The van der Waals surface area contributed by atoms with Gasteiger partial charge in [0.2, 0.25) is 0 Å². The Hall–Kier alpha value is -2.59. The zero-order valence-corrected chi connectivity index (χ0v) is 13.7. The summed E-state index contributed by atoms with van der Waals surface area (Å²) in [5.74, 6) is -0.384. The van der Waals surface area contributed by atoms with Gasteiger partial charge in [-0.15, -0.1) is 13.2 Å². The number of halogens is 3. The number of hydrogen-bond donors (Lipinski definition) is 1. The van der Waals surface area contributed by atoms with Gasteiger partial charge in [0, 0.05) is 32.4 Å². The van der Waals surface area contributed by atoms with E-state index in [1.165, 1.54) is 6.08 Å². The molecule has 0 radical (unpaired) electrons. The molecule has 2 N–H and O–H groups in total. The average molecular weight is 349 g/mol. The summed E-state index contributed by atoms with van der Waals surface area (Å²) in [5.41, 5.74) is 13.6. The number of likely N-dealkylation sites (tertiary alicyclic amines) is 1. The summed E-state index contributed by atoms with van der Waals surface area (Å²) >= 11 is 0. The molecular formula is C18H18F3N3O. The summed E-state index contributed by atoms with van der Waals surface area (Å²) < 4.78 is 40.2. The van der Waals surface area contributed by atoms with Gasteiger partial charge in [0.25, 0.3) is 0 Å². The molecule has 0 atom stereocenters. The molecular weight excluding hydrogens is 331 g/mol. The Balaban J connectivity index is 1.60. The number of likely N-dealkylation sites (N-methyl/N-ethyl adjacent to an activating group) is 1. The Morgan fingerprint density at radius 2 is 1.88 bits per heavy atom. The van der Waals surface area contributed by atoms with E-state index in [1.54, 1.807) is 6.08 Å². The number of rotatable bonds is 5. The fourth-order valence-electron chi connectivity index (χ4n) is 2.71. The number of benzene rings is 1. The van der Waals surface area contributed by atoms with Crippen LogP contribution in [0.3, 0.4) is 0 Å². The monoisotopic (exact) mass is 349 g/mol. The Morgan fingerprint density at radius 3 is 2.40 bits per heavy atom. The van der Waals surface area contributed by atoms with Gasteiger partial charge in [0.1, 0.15) is 0 Å². The molecule has 1 aromatic rings. The van der Waals surface area contributed by atoms with E-state index < -0.39 is 6.36 Å². The lowest BCUT2D eigenvalue weighted by Gasteiger charge is -2.46. The summed E-state index contributed by atoms with van der Waals surface area (Å²) in [5, 5.41) is 0. The third-order valence-electron chi connectivity index (χ3n) is 4.26. The highest BCUT2D eigenvalue weighted by molar-refractivity contribution is 5.49. The minimum absolute atomic E-state index is 0.322. The zero-order valence-electron chi connectivity index (χ0n) is 13.7. The van der Waals surface area contributed by atoms with Crippen molar-refractivity contribution in [3.63, 3.8) is 0 Å². The van der Waals surface area contributed by atoms with Crippen LogP contribution in [0.15, 0.2) is 59.3 Å². The van der Waals surface area contributed by atoms with Gasteiger partial charge in [0.05, 0.1) is 11.7 Å². The van der Waals surface area contributed by atoms with Gasteiger partial charge in [-0.3, -0.25) is 0 Å². The van der Waals surface area contributed by atoms with E-state index in [0.717, 1.165) is 24.3 Å². The van der Waals surface area contributed by atoms with Crippen LogP contribution in [0.25, 0.3) is 0 Å². The zero-order chi connectivity index (χ0) is 18.0. The van der Waals surface area contributed by atoms with E-state index in [2.05, 4.69) is 21.1 Å². The van der Waals surface area contributed by atoms with Crippen LogP contribution in [-0.4, -0.2) is 37.4 Å². The lowest BCUT2D eigenvalue weighted by Crippen LogP contribution is -2.57. The third-order valence-corrected chi connectivity index (χ3v) is 4.26. The largest absolute Gasteiger partial charge is 0.573 e. The van der Waals surface area contributed by atoms with Crippen LogP contribution in [0.5, 0.6) is 0 Å². The van der Waals surface area contributed by atoms with Crippen molar-refractivity contribution in [2.45, 2.75) is 18.9 Å². The van der Waals surface area contributed by atoms with E-state index in [1.807, 2.05) is 36.2 Å². The van der Waals surface area contributed by atoms with Crippen molar-refractivity contribution in [1.29, 1.82) is 0 Å². The van der Waals surface area contributed by atoms with Crippen LogP contribution in [0, 0.1) is 0 Å². The summed E-state index contributed by atoms with van der Waals surface area (Å²) in [6, 6.07) is 8.40. The van der Waals surface area contributed by atoms with Crippen molar-refractivity contribution in [1.82, 2.24) is 4.90 Å². The molecule has 0 saturated carbocycles. The highest BCUT2D eigenvalue weighted by atomic mass is 19.4. The molecule has 0 unspecified atom stereocenters. The van der Waals surface area contributed by atoms with E-state index in [4.69, 9.17) is 5.73 Å². The first-order chi connectivity index (χ1) is 11.9. The predicted molar refractivity (Wildman–Crippen MR) is 88.4 cm³/mol. The third kappa shape index (κ3) is 4.09. The number of nitrogens with zero attached hydrogens (tertiary/aromatic N) is 2. The minimum Gasteiger partial charge on any atom is -0.397 e. The summed E-state index contributed by atoms with van der Waals surface area (Å²) in [4.78, 5) is 4.21. The van der Waals surface area contributed by atoms with Crippen molar-refractivity contribution < 1.29 is 17.9 Å². The summed E-state index contributed by atoms with van der Waals surface area (Å²) in [6.07, 6.45) is -1.90. The molecule has 0 aromatic heterocycles. The Labute approximate surface area is 144 Å². The maximum Gasteiger partial charge on any atom is 0.573 e. The molecule has 25 heavy (non-hydrogen) atoms. The van der Waals surface area contributed by atoms with E-state index in [-0.39, 0.29) is 5.76 Å². The number of ether oxygens (including phenoxy) is 1. The molecule has 4 nitrogen and oxygen atoms in total. The van der Waals surface area contributed by atoms with Crippen molar-refractivity contribution >= 4 is 5.69 Å². The fourth-order valence-corrected chi connectivity index (χ4v) is 2.71. The summed E-state index contributed by atoms with van der Waals surface area (Å²) in [7, 11) is 2.02. The molecule has 7 heteroatoms. The predicted octanol–water partition coefficient (Wildman–Crippen LogP) is 2.89. The van der Waals surface area contributed by atoms with Gasteiger partial charge in [-0.1, -0.05) is 12.1 Å². The van der Waals surface area contributed by atoms with Crippen LogP contribution in [0.4, 0.5) is 18.9 Å². The first kappa shape index (κ1) is 17.2. The smallest absolute Gasteiger partial charge is 0.397 e. The fraction of sp³-hybridized carbons (Fsp3) is 0.333. The number of alkyl halides is 3. The summed E-state index contributed by atoms with van der Waals surface area (Å²) in [6.45, 7) is 2.04. The molecule has 1 aliphatic heterocycles. The van der Waals surface area contributed by atoms with Gasteiger partial charge in [-0.05, 0) is 41.3 Å². The van der Waals surface area contributed by atoms with Gasteiger partial charge >= 0.3 is 6.36 Å². The molecule has 1 heterocycles. The van der Waals surface area contributed by atoms with Crippen molar-refractivity contribution in [3.05, 3.63) is 64.9 Å².